The number of hydrogen-bond acceptors (Lipinski definition) is 4. The first-order valence-electron chi connectivity index (χ1n) is 6.06. The van der Waals surface area contributed by atoms with E-state index in [0.29, 0.717) is 10.8 Å². The van der Waals surface area contributed by atoms with E-state index in [-0.39, 0.29) is 5.82 Å². The van der Waals surface area contributed by atoms with E-state index >= 15 is 0 Å². The normalized spacial score (nSPS) is 12.1. The number of aromatic nitrogens is 1. The van der Waals surface area contributed by atoms with Crippen molar-refractivity contribution in [3.8, 4) is 0 Å². The number of thioether (sulfide) groups is 1. The van der Waals surface area contributed by atoms with E-state index in [0.717, 1.165) is 31.8 Å². The van der Waals surface area contributed by atoms with Crippen LogP contribution in [-0.2, 0) is 6.18 Å². The van der Waals surface area contributed by atoms with E-state index in [1.165, 1.54) is 11.8 Å². The minimum absolute atomic E-state index is 0.0971. The minimum Gasteiger partial charge on any atom is -0.384 e. The highest BCUT2D eigenvalue weighted by atomic mass is 32.2. The lowest BCUT2D eigenvalue weighted by molar-refractivity contribution is -0.137. The van der Waals surface area contributed by atoms with Crippen molar-refractivity contribution in [2.75, 3.05) is 31.1 Å². The number of alkyl halides is 3. The molecule has 1 aromatic rings. The Bertz CT molecular complexity index is 406. The van der Waals surface area contributed by atoms with Gasteiger partial charge in [0.05, 0.1) is 10.6 Å². The largest absolute Gasteiger partial charge is 0.416 e. The van der Waals surface area contributed by atoms with Crippen molar-refractivity contribution in [1.82, 2.24) is 9.88 Å². The zero-order valence-electron chi connectivity index (χ0n) is 11.0. The zero-order valence-corrected chi connectivity index (χ0v) is 11.8. The van der Waals surface area contributed by atoms with Gasteiger partial charge in [-0.05, 0) is 25.2 Å². The van der Waals surface area contributed by atoms with Gasteiger partial charge in [-0.1, -0.05) is 13.8 Å². The standard InChI is InChI=1S/C12H18F3N3S/c1-3-18(4-2)5-6-19-11-8-9(12(13,14)15)7-10(16)17-11/h7-8H,3-6H2,1-2H3,(H2,16,17). The molecule has 2 N–H and O–H groups in total. The molecule has 0 saturated heterocycles. The molecule has 0 unspecified atom stereocenters. The fourth-order valence-corrected chi connectivity index (χ4v) is 2.52. The van der Waals surface area contributed by atoms with Crippen LogP contribution in [0.1, 0.15) is 19.4 Å². The fraction of sp³-hybridized carbons (Fsp3) is 0.583. The molecule has 0 fully saturated rings. The van der Waals surface area contributed by atoms with Gasteiger partial charge in [0.1, 0.15) is 5.82 Å². The van der Waals surface area contributed by atoms with E-state index in [1.807, 2.05) is 0 Å². The highest BCUT2D eigenvalue weighted by molar-refractivity contribution is 7.99. The third-order valence-electron chi connectivity index (χ3n) is 2.70. The number of pyridine rings is 1. The molecule has 0 radical (unpaired) electrons. The molecule has 19 heavy (non-hydrogen) atoms. The van der Waals surface area contributed by atoms with Crippen LogP contribution in [0.4, 0.5) is 19.0 Å². The Morgan fingerprint density at radius 3 is 2.42 bits per heavy atom. The Morgan fingerprint density at radius 2 is 1.89 bits per heavy atom. The molecule has 0 aliphatic heterocycles. The number of rotatable bonds is 6. The van der Waals surface area contributed by atoms with Crippen molar-refractivity contribution in [2.45, 2.75) is 25.0 Å². The first-order valence-corrected chi connectivity index (χ1v) is 7.05. The molecule has 108 valence electrons. The van der Waals surface area contributed by atoms with E-state index in [9.17, 15) is 13.2 Å². The lowest BCUT2D eigenvalue weighted by Crippen LogP contribution is -2.25. The Balaban J connectivity index is 2.66. The van der Waals surface area contributed by atoms with Gasteiger partial charge in [0.25, 0.3) is 0 Å². The molecule has 0 atom stereocenters. The molecule has 7 heteroatoms. The summed E-state index contributed by atoms with van der Waals surface area (Å²) >= 11 is 1.29. The molecule has 1 aromatic heterocycles. The molecular weight excluding hydrogens is 275 g/mol. The maximum Gasteiger partial charge on any atom is 0.416 e. The molecule has 0 aromatic carbocycles. The SMILES string of the molecule is CCN(CC)CCSc1cc(C(F)(F)F)cc(N)n1. The minimum atomic E-state index is -4.38. The van der Waals surface area contributed by atoms with Gasteiger partial charge in [0, 0.05) is 12.3 Å². The van der Waals surface area contributed by atoms with Gasteiger partial charge in [-0.15, -0.1) is 11.8 Å². The van der Waals surface area contributed by atoms with Crippen LogP contribution in [0, 0.1) is 0 Å². The van der Waals surface area contributed by atoms with Gasteiger partial charge in [0.15, 0.2) is 0 Å². The monoisotopic (exact) mass is 293 g/mol. The Morgan fingerprint density at radius 1 is 1.26 bits per heavy atom. The molecule has 0 amide bonds. The van der Waals surface area contributed by atoms with Crippen LogP contribution in [0.3, 0.4) is 0 Å². The summed E-state index contributed by atoms with van der Waals surface area (Å²) in [7, 11) is 0. The lowest BCUT2D eigenvalue weighted by Gasteiger charge is -2.17. The van der Waals surface area contributed by atoms with Gasteiger partial charge in [0.2, 0.25) is 0 Å². The number of nitrogens with zero attached hydrogens (tertiary/aromatic N) is 2. The average Bonchev–Trinajstić information content (AvgIpc) is 2.33. The summed E-state index contributed by atoms with van der Waals surface area (Å²) in [6, 6.07) is 1.90. The molecular formula is C12H18F3N3S. The highest BCUT2D eigenvalue weighted by Crippen LogP contribution is 2.32. The summed E-state index contributed by atoms with van der Waals surface area (Å²) in [5.41, 5.74) is 4.66. The van der Waals surface area contributed by atoms with Crippen molar-refractivity contribution in [2.24, 2.45) is 0 Å². The quantitative estimate of drug-likeness (QED) is 0.818. The molecule has 0 aliphatic carbocycles. The van der Waals surface area contributed by atoms with Gasteiger partial charge in [-0.3, -0.25) is 0 Å². The smallest absolute Gasteiger partial charge is 0.384 e. The van der Waals surface area contributed by atoms with Crippen LogP contribution < -0.4 is 5.73 Å². The predicted octanol–water partition coefficient (Wildman–Crippen LogP) is 3.12. The first kappa shape index (κ1) is 16.1. The molecule has 0 bridgehead atoms. The summed E-state index contributed by atoms with van der Waals surface area (Å²) in [5.74, 6) is 0.593. The third-order valence-corrected chi connectivity index (χ3v) is 3.59. The van der Waals surface area contributed by atoms with E-state index in [2.05, 4.69) is 23.7 Å². The predicted molar refractivity (Wildman–Crippen MR) is 72.2 cm³/mol. The number of nitrogens with two attached hydrogens (primary N) is 1. The summed E-state index contributed by atoms with van der Waals surface area (Å²) < 4.78 is 37.8. The number of halogens is 3. The molecule has 0 aliphatic rings. The topological polar surface area (TPSA) is 42.1 Å². The molecule has 0 spiro atoms. The first-order chi connectivity index (χ1) is 8.86. The molecule has 3 nitrogen and oxygen atoms in total. The zero-order chi connectivity index (χ0) is 14.5. The summed E-state index contributed by atoms with van der Waals surface area (Å²) in [6.07, 6.45) is -4.38. The second-order valence-electron chi connectivity index (χ2n) is 3.99. The van der Waals surface area contributed by atoms with Crippen molar-refractivity contribution < 1.29 is 13.2 Å². The summed E-state index contributed by atoms with van der Waals surface area (Å²) in [5, 5.41) is 0.319. The average molecular weight is 293 g/mol. The van der Waals surface area contributed by atoms with Crippen molar-refractivity contribution in [3.05, 3.63) is 17.7 Å². The highest BCUT2D eigenvalue weighted by Gasteiger charge is 2.31. The van der Waals surface area contributed by atoms with Crippen molar-refractivity contribution >= 4 is 17.6 Å². The molecule has 1 rings (SSSR count). The fourth-order valence-electron chi connectivity index (χ4n) is 1.58. The second-order valence-corrected chi connectivity index (χ2v) is 5.11. The van der Waals surface area contributed by atoms with Crippen LogP contribution in [0.5, 0.6) is 0 Å². The van der Waals surface area contributed by atoms with E-state index in [1.54, 1.807) is 0 Å². The Kier molecular flexibility index (Phi) is 5.93. The summed E-state index contributed by atoms with van der Waals surface area (Å²) in [6.45, 7) is 6.77. The van der Waals surface area contributed by atoms with Gasteiger partial charge >= 0.3 is 6.18 Å². The molecule has 1 heterocycles. The lowest BCUT2D eigenvalue weighted by atomic mass is 10.2. The molecule has 0 saturated carbocycles. The van der Waals surface area contributed by atoms with E-state index < -0.39 is 11.7 Å². The van der Waals surface area contributed by atoms with Crippen molar-refractivity contribution in [3.63, 3.8) is 0 Å². The van der Waals surface area contributed by atoms with Gasteiger partial charge in [-0.2, -0.15) is 13.2 Å². The van der Waals surface area contributed by atoms with E-state index in [4.69, 9.17) is 5.73 Å². The van der Waals surface area contributed by atoms with Crippen LogP contribution in [0.2, 0.25) is 0 Å². The number of hydrogen-bond donors (Lipinski definition) is 1. The van der Waals surface area contributed by atoms with Crippen LogP contribution >= 0.6 is 11.8 Å². The van der Waals surface area contributed by atoms with Gasteiger partial charge < -0.3 is 10.6 Å². The second kappa shape index (κ2) is 7.00. The Hall–Kier alpha value is -0.950. The van der Waals surface area contributed by atoms with Crippen molar-refractivity contribution in [1.29, 1.82) is 0 Å². The number of nitrogen functional groups attached to an aromatic ring is 1. The van der Waals surface area contributed by atoms with Crippen LogP contribution in [0.25, 0.3) is 0 Å². The Labute approximate surface area is 115 Å². The maximum atomic E-state index is 12.6. The van der Waals surface area contributed by atoms with Crippen LogP contribution in [-0.4, -0.2) is 35.3 Å². The van der Waals surface area contributed by atoms with Gasteiger partial charge in [-0.25, -0.2) is 4.98 Å². The number of anilines is 1. The van der Waals surface area contributed by atoms with Crippen LogP contribution in [0.15, 0.2) is 17.2 Å². The maximum absolute atomic E-state index is 12.6. The third kappa shape index (κ3) is 5.28. The summed E-state index contributed by atoms with van der Waals surface area (Å²) in [4.78, 5) is 6.12.